The van der Waals surface area contributed by atoms with Crippen molar-refractivity contribution in [1.82, 2.24) is 9.80 Å². The van der Waals surface area contributed by atoms with Gasteiger partial charge in [-0.15, -0.1) is 0 Å². The van der Waals surface area contributed by atoms with E-state index in [1.54, 1.807) is 34.1 Å². The van der Waals surface area contributed by atoms with E-state index in [1.807, 2.05) is 98.8 Å². The van der Waals surface area contributed by atoms with Gasteiger partial charge in [-0.25, -0.2) is 0 Å². The van der Waals surface area contributed by atoms with Gasteiger partial charge in [0.2, 0.25) is 25.4 Å². The number of esters is 4. The second kappa shape index (κ2) is 21.9. The van der Waals surface area contributed by atoms with Crippen molar-refractivity contribution in [2.24, 2.45) is 23.7 Å². The van der Waals surface area contributed by atoms with Gasteiger partial charge in [0.25, 0.3) is 0 Å². The van der Waals surface area contributed by atoms with Gasteiger partial charge in [-0.2, -0.15) is 0 Å². The number of carbonyl (C=O) groups excluding carboxylic acids is 6. The van der Waals surface area contributed by atoms with Crippen LogP contribution in [0.5, 0.6) is 23.0 Å². The molecule has 4 aromatic rings. The first-order valence-corrected chi connectivity index (χ1v) is 19.8. The Morgan fingerprint density at radius 2 is 0.783 bits per heavy atom. The molecule has 0 saturated heterocycles. The zero-order chi connectivity index (χ0) is 43.0. The topological polar surface area (TPSA) is 164 Å². The maximum atomic E-state index is 14.8. The third-order valence-corrected chi connectivity index (χ3v) is 9.75. The van der Waals surface area contributed by atoms with E-state index in [1.165, 1.54) is 0 Å². The number of hydrogen-bond donors (Lipinski definition) is 0. The van der Waals surface area contributed by atoms with Gasteiger partial charge in [0.05, 0.1) is 23.7 Å². The van der Waals surface area contributed by atoms with Crippen LogP contribution in [0.2, 0.25) is 0 Å². The van der Waals surface area contributed by atoms with E-state index in [0.29, 0.717) is 35.8 Å². The van der Waals surface area contributed by atoms with Gasteiger partial charge in [0.15, 0.2) is 0 Å². The monoisotopic (exact) mass is 822 g/mol. The van der Waals surface area contributed by atoms with E-state index in [0.717, 1.165) is 25.0 Å². The molecule has 0 N–H and O–H groups in total. The predicted molar refractivity (Wildman–Crippen MR) is 217 cm³/mol. The standard InChI is InChI=1S/C46H50N2O12/c1-5-25-47(27-33-17-21-37(22-18-33)59-35-13-9-7-10-14-35)43(51)39-40(42(46(54)58-30-56-32(4)50)41(39)45(53)57-29-55-31(3)49)44(52)48(26-6-2)28-34-19-23-38(24-20-34)60-36-15-11-8-12-16-36/h7-24,39-42H,5-6,25-30H2,1-4H3. The van der Waals surface area contributed by atoms with Crippen LogP contribution in [0.25, 0.3) is 0 Å². The summed E-state index contributed by atoms with van der Waals surface area (Å²) in [6.07, 6.45) is 1.07. The molecule has 0 aliphatic heterocycles. The molecule has 4 unspecified atom stereocenters. The minimum Gasteiger partial charge on any atom is -0.457 e. The first kappa shape index (κ1) is 44.4. The van der Waals surface area contributed by atoms with E-state index < -0.39 is 72.9 Å². The van der Waals surface area contributed by atoms with Gasteiger partial charge in [-0.3, -0.25) is 28.8 Å². The molecule has 316 valence electrons. The number of ether oxygens (including phenoxy) is 6. The van der Waals surface area contributed by atoms with Crippen molar-refractivity contribution in [3.05, 3.63) is 120 Å². The van der Waals surface area contributed by atoms with Gasteiger partial charge in [-0.05, 0) is 72.5 Å². The second-order valence-corrected chi connectivity index (χ2v) is 14.2. The lowest BCUT2D eigenvalue weighted by atomic mass is 9.55. The lowest BCUT2D eigenvalue weighted by molar-refractivity contribution is -0.202. The van der Waals surface area contributed by atoms with Crippen LogP contribution in [0.3, 0.4) is 0 Å². The third kappa shape index (κ3) is 12.2. The minimum atomic E-state index is -1.51. The van der Waals surface area contributed by atoms with Gasteiger partial charge in [0.1, 0.15) is 23.0 Å². The number of para-hydroxylation sites is 2. The van der Waals surface area contributed by atoms with Crippen molar-refractivity contribution in [2.75, 3.05) is 26.7 Å². The molecule has 1 aliphatic carbocycles. The van der Waals surface area contributed by atoms with Crippen LogP contribution in [0.4, 0.5) is 0 Å². The summed E-state index contributed by atoms with van der Waals surface area (Å²) in [4.78, 5) is 83.5. The van der Waals surface area contributed by atoms with Crippen LogP contribution in [0, 0.1) is 23.7 Å². The summed E-state index contributed by atoms with van der Waals surface area (Å²) in [6.45, 7) is 5.22. The van der Waals surface area contributed by atoms with Crippen molar-refractivity contribution < 1.29 is 57.2 Å². The maximum absolute atomic E-state index is 14.8. The molecule has 1 fully saturated rings. The molecular formula is C46H50N2O12. The number of benzene rings is 4. The predicted octanol–water partition coefficient (Wildman–Crippen LogP) is 7.05. The van der Waals surface area contributed by atoms with E-state index >= 15 is 0 Å². The highest BCUT2D eigenvalue weighted by Crippen LogP contribution is 2.50. The highest BCUT2D eigenvalue weighted by Gasteiger charge is 2.65. The number of amides is 2. The first-order valence-electron chi connectivity index (χ1n) is 19.8. The molecule has 0 heterocycles. The number of carbonyl (C=O) groups is 6. The zero-order valence-electron chi connectivity index (χ0n) is 34.2. The van der Waals surface area contributed by atoms with Crippen LogP contribution >= 0.6 is 0 Å². The summed E-state index contributed by atoms with van der Waals surface area (Å²) in [6, 6.07) is 32.9. The molecule has 0 spiro atoms. The Bertz CT molecular complexity index is 1910. The van der Waals surface area contributed by atoms with Crippen LogP contribution in [0.15, 0.2) is 109 Å². The van der Waals surface area contributed by atoms with E-state index in [4.69, 9.17) is 28.4 Å². The van der Waals surface area contributed by atoms with Crippen LogP contribution in [-0.4, -0.2) is 72.2 Å². The van der Waals surface area contributed by atoms with Gasteiger partial charge in [0, 0.05) is 40.0 Å². The highest BCUT2D eigenvalue weighted by molar-refractivity contribution is 6.00. The van der Waals surface area contributed by atoms with Crippen molar-refractivity contribution in [2.45, 2.75) is 53.6 Å². The van der Waals surface area contributed by atoms with Crippen LogP contribution in [-0.2, 0) is 60.8 Å². The van der Waals surface area contributed by atoms with Gasteiger partial charge in [-0.1, -0.05) is 74.5 Å². The molecule has 2 amide bonds. The fourth-order valence-corrected chi connectivity index (χ4v) is 6.99. The van der Waals surface area contributed by atoms with E-state index in [-0.39, 0.29) is 26.2 Å². The molecule has 5 rings (SSSR count). The first-order chi connectivity index (χ1) is 29.0. The Morgan fingerprint density at radius 1 is 0.450 bits per heavy atom. The van der Waals surface area contributed by atoms with Crippen molar-refractivity contribution in [3.8, 4) is 23.0 Å². The van der Waals surface area contributed by atoms with E-state index in [2.05, 4.69) is 0 Å². The lowest BCUT2D eigenvalue weighted by Crippen LogP contribution is -2.64. The highest BCUT2D eigenvalue weighted by atomic mass is 16.7. The fourth-order valence-electron chi connectivity index (χ4n) is 6.99. The summed E-state index contributed by atoms with van der Waals surface area (Å²) in [7, 11) is 0. The van der Waals surface area contributed by atoms with Crippen molar-refractivity contribution in [1.29, 1.82) is 0 Å². The van der Waals surface area contributed by atoms with E-state index in [9.17, 15) is 28.8 Å². The normalized spacial score (nSPS) is 16.6. The Kier molecular flexibility index (Phi) is 16.2. The molecule has 14 nitrogen and oxygen atoms in total. The molecule has 4 aromatic carbocycles. The molecule has 4 atom stereocenters. The maximum Gasteiger partial charge on any atom is 0.313 e. The summed E-state index contributed by atoms with van der Waals surface area (Å²) < 4.78 is 32.1. The van der Waals surface area contributed by atoms with Crippen molar-refractivity contribution in [3.63, 3.8) is 0 Å². The average molecular weight is 823 g/mol. The largest absolute Gasteiger partial charge is 0.457 e. The zero-order valence-corrected chi connectivity index (χ0v) is 34.2. The molecule has 0 aromatic heterocycles. The molecule has 1 aliphatic rings. The van der Waals surface area contributed by atoms with Gasteiger partial charge >= 0.3 is 23.9 Å². The Hall–Kier alpha value is -6.70. The lowest BCUT2D eigenvalue weighted by Gasteiger charge is -2.49. The summed E-state index contributed by atoms with van der Waals surface area (Å²) in [5, 5.41) is 0. The fraction of sp³-hybridized carbons (Fsp3) is 0.348. The minimum absolute atomic E-state index is 0.114. The van der Waals surface area contributed by atoms with Gasteiger partial charge < -0.3 is 38.2 Å². The third-order valence-electron chi connectivity index (χ3n) is 9.75. The Labute approximate surface area is 349 Å². The molecule has 14 heteroatoms. The molecule has 0 bridgehead atoms. The Balaban J connectivity index is 1.45. The smallest absolute Gasteiger partial charge is 0.313 e. The Morgan fingerprint density at radius 3 is 1.10 bits per heavy atom. The molecule has 1 saturated carbocycles. The SMILES string of the molecule is CCCN(Cc1ccc(Oc2ccccc2)cc1)C(=O)C1C(C(=O)OCOC(C)=O)C(C(=O)OCOC(C)=O)C1C(=O)N(CCC)Cc1ccc(Oc2ccccc2)cc1. The van der Waals surface area contributed by atoms with Crippen LogP contribution < -0.4 is 9.47 Å². The number of nitrogens with zero attached hydrogens (tertiary/aromatic N) is 2. The molecular weight excluding hydrogens is 773 g/mol. The van der Waals surface area contributed by atoms with Crippen LogP contribution in [0.1, 0.15) is 51.7 Å². The quantitative estimate of drug-likeness (QED) is 0.0660. The second-order valence-electron chi connectivity index (χ2n) is 14.2. The number of rotatable bonds is 20. The number of hydrogen-bond acceptors (Lipinski definition) is 12. The molecule has 0 radical (unpaired) electrons. The molecule has 60 heavy (non-hydrogen) atoms. The summed E-state index contributed by atoms with van der Waals surface area (Å²) >= 11 is 0. The average Bonchev–Trinajstić information content (AvgIpc) is 3.22. The van der Waals surface area contributed by atoms with Crippen molar-refractivity contribution >= 4 is 35.7 Å². The summed E-state index contributed by atoms with van der Waals surface area (Å²) in [5.41, 5.74) is 1.50. The summed E-state index contributed by atoms with van der Waals surface area (Å²) in [5.74, 6) is -7.91.